The largest absolute Gasteiger partial charge is 0.349 e. The Kier molecular flexibility index (Phi) is 6.34. The highest BCUT2D eigenvalue weighted by molar-refractivity contribution is 7.09. The number of rotatable bonds is 4. The van der Waals surface area contributed by atoms with Crippen molar-refractivity contribution < 1.29 is 4.79 Å². The van der Waals surface area contributed by atoms with Gasteiger partial charge in [-0.05, 0) is 38.1 Å². The van der Waals surface area contributed by atoms with Gasteiger partial charge in [0, 0.05) is 17.8 Å². The van der Waals surface area contributed by atoms with Gasteiger partial charge in [0.2, 0.25) is 5.91 Å². The Hall–Kier alpha value is -0.360. The van der Waals surface area contributed by atoms with Crippen LogP contribution in [0.25, 0.3) is 0 Å². The number of nitrogens with one attached hydrogen (secondary N) is 2. The van der Waals surface area contributed by atoms with Crippen molar-refractivity contribution in [2.45, 2.75) is 51.0 Å². The molecule has 4 nitrogen and oxygen atoms in total. The highest BCUT2D eigenvalue weighted by Gasteiger charge is 2.49. The molecule has 1 aliphatic heterocycles. The summed E-state index contributed by atoms with van der Waals surface area (Å²) in [6.45, 7) is 2.47. The van der Waals surface area contributed by atoms with Crippen molar-refractivity contribution in [1.29, 1.82) is 0 Å². The Bertz CT molecular complexity index is 549. The molecular weight excluding hydrogens is 353 g/mol. The van der Waals surface area contributed by atoms with Crippen LogP contribution in [0, 0.1) is 11.3 Å². The van der Waals surface area contributed by atoms with E-state index in [0.29, 0.717) is 18.4 Å². The molecule has 2 saturated carbocycles. The van der Waals surface area contributed by atoms with E-state index in [-0.39, 0.29) is 36.1 Å². The Morgan fingerprint density at radius 3 is 2.96 bits per heavy atom. The van der Waals surface area contributed by atoms with Crippen LogP contribution in [-0.2, 0) is 11.3 Å². The molecule has 1 saturated heterocycles. The van der Waals surface area contributed by atoms with E-state index in [4.69, 9.17) is 0 Å². The fourth-order valence-electron chi connectivity index (χ4n) is 4.00. The van der Waals surface area contributed by atoms with Crippen LogP contribution in [0.15, 0.2) is 5.38 Å². The first-order valence-corrected chi connectivity index (χ1v) is 9.09. The topological polar surface area (TPSA) is 54.0 Å². The van der Waals surface area contributed by atoms with Crippen molar-refractivity contribution in [2.24, 2.45) is 11.3 Å². The number of carbonyl (C=O) groups is 1. The molecule has 23 heavy (non-hydrogen) atoms. The van der Waals surface area contributed by atoms with Gasteiger partial charge in [-0.2, -0.15) is 0 Å². The minimum absolute atomic E-state index is 0. The van der Waals surface area contributed by atoms with Gasteiger partial charge in [0.15, 0.2) is 0 Å². The third kappa shape index (κ3) is 3.68. The molecule has 0 bridgehead atoms. The molecule has 2 N–H and O–H groups in total. The monoisotopic (exact) mass is 377 g/mol. The average Bonchev–Trinajstić information content (AvgIpc) is 3.09. The number of halogens is 2. The summed E-state index contributed by atoms with van der Waals surface area (Å²) in [4.78, 5) is 17.4. The van der Waals surface area contributed by atoms with Gasteiger partial charge in [0.05, 0.1) is 17.7 Å². The first-order valence-electron chi connectivity index (χ1n) is 8.21. The molecule has 2 aliphatic carbocycles. The van der Waals surface area contributed by atoms with Crippen molar-refractivity contribution in [3.63, 3.8) is 0 Å². The van der Waals surface area contributed by atoms with Crippen LogP contribution >= 0.6 is 36.2 Å². The molecule has 3 aliphatic rings. The second kappa shape index (κ2) is 7.68. The number of thiazole rings is 1. The van der Waals surface area contributed by atoms with Crippen LogP contribution in [0.4, 0.5) is 0 Å². The summed E-state index contributed by atoms with van der Waals surface area (Å²) in [6, 6.07) is 0. The van der Waals surface area contributed by atoms with Gasteiger partial charge in [-0.3, -0.25) is 4.79 Å². The van der Waals surface area contributed by atoms with Crippen LogP contribution in [0.1, 0.15) is 55.1 Å². The molecule has 3 fully saturated rings. The quantitative estimate of drug-likeness (QED) is 0.846. The van der Waals surface area contributed by atoms with Crippen LogP contribution in [0.3, 0.4) is 0 Å². The fraction of sp³-hybridized carbons (Fsp3) is 0.750. The van der Waals surface area contributed by atoms with Gasteiger partial charge in [-0.15, -0.1) is 36.2 Å². The van der Waals surface area contributed by atoms with E-state index in [1.807, 2.05) is 0 Å². The van der Waals surface area contributed by atoms with Crippen molar-refractivity contribution in [2.75, 3.05) is 13.1 Å². The van der Waals surface area contributed by atoms with Crippen LogP contribution in [-0.4, -0.2) is 24.0 Å². The zero-order chi connectivity index (χ0) is 14.3. The first kappa shape index (κ1) is 19.0. The van der Waals surface area contributed by atoms with Crippen LogP contribution < -0.4 is 10.6 Å². The van der Waals surface area contributed by atoms with Crippen molar-refractivity contribution in [1.82, 2.24) is 15.6 Å². The molecule has 0 aromatic carbocycles. The Morgan fingerprint density at radius 1 is 1.35 bits per heavy atom. The summed E-state index contributed by atoms with van der Waals surface area (Å²) in [5, 5.41) is 9.83. The van der Waals surface area contributed by atoms with E-state index in [9.17, 15) is 4.79 Å². The molecule has 2 heterocycles. The van der Waals surface area contributed by atoms with Gasteiger partial charge < -0.3 is 10.6 Å². The van der Waals surface area contributed by atoms with Crippen molar-refractivity contribution >= 4 is 42.1 Å². The average molecular weight is 378 g/mol. The van der Waals surface area contributed by atoms with E-state index >= 15 is 0 Å². The third-order valence-corrected chi connectivity index (χ3v) is 6.32. The minimum Gasteiger partial charge on any atom is -0.349 e. The Labute approximate surface area is 154 Å². The second-order valence-electron chi connectivity index (χ2n) is 6.85. The predicted octanol–water partition coefficient (Wildman–Crippen LogP) is 3.26. The van der Waals surface area contributed by atoms with E-state index in [1.54, 1.807) is 11.3 Å². The Morgan fingerprint density at radius 2 is 2.17 bits per heavy atom. The van der Waals surface area contributed by atoms with Gasteiger partial charge >= 0.3 is 0 Å². The van der Waals surface area contributed by atoms with Gasteiger partial charge in [0.1, 0.15) is 5.01 Å². The van der Waals surface area contributed by atoms with E-state index in [0.717, 1.165) is 24.5 Å². The fourth-order valence-corrected chi connectivity index (χ4v) is 4.81. The SMILES string of the molecule is Cl.Cl.O=C(NCc1nc(C2CC2)cs1)[C@@]12CCCC[C@H]1CNC2. The van der Waals surface area contributed by atoms with Crippen molar-refractivity contribution in [3.05, 3.63) is 16.1 Å². The van der Waals surface area contributed by atoms with Crippen LogP contribution in [0.2, 0.25) is 0 Å². The molecule has 4 rings (SSSR count). The minimum atomic E-state index is -0.144. The molecule has 130 valence electrons. The molecule has 0 spiro atoms. The highest BCUT2D eigenvalue weighted by Crippen LogP contribution is 2.44. The molecule has 1 aromatic heterocycles. The molecule has 0 radical (unpaired) electrons. The lowest BCUT2D eigenvalue weighted by molar-refractivity contribution is -0.134. The highest BCUT2D eigenvalue weighted by atomic mass is 35.5. The maximum Gasteiger partial charge on any atom is 0.228 e. The first-order chi connectivity index (χ1) is 10.3. The van der Waals surface area contributed by atoms with Gasteiger partial charge in [-0.1, -0.05) is 12.8 Å². The number of carbonyl (C=O) groups excluding carboxylic acids is 1. The lowest BCUT2D eigenvalue weighted by atomic mass is 9.67. The summed E-state index contributed by atoms with van der Waals surface area (Å²) >= 11 is 1.69. The summed E-state index contributed by atoms with van der Waals surface area (Å²) in [7, 11) is 0. The van der Waals surface area contributed by atoms with Crippen molar-refractivity contribution in [3.8, 4) is 0 Å². The third-order valence-electron chi connectivity index (χ3n) is 5.46. The lowest BCUT2D eigenvalue weighted by Gasteiger charge is -2.37. The second-order valence-corrected chi connectivity index (χ2v) is 7.80. The molecular formula is C16H25Cl2N3OS. The Balaban J connectivity index is 0.000000960. The maximum absolute atomic E-state index is 12.8. The normalized spacial score (nSPS) is 29.1. The summed E-state index contributed by atoms with van der Waals surface area (Å²) in [5.74, 6) is 1.48. The molecule has 1 amide bonds. The number of amides is 1. The van der Waals surface area contributed by atoms with E-state index in [2.05, 4.69) is 21.0 Å². The lowest BCUT2D eigenvalue weighted by Crippen LogP contribution is -2.47. The molecule has 7 heteroatoms. The molecule has 1 aromatic rings. The van der Waals surface area contributed by atoms with Gasteiger partial charge in [0.25, 0.3) is 0 Å². The summed E-state index contributed by atoms with van der Waals surface area (Å²) in [6.07, 6.45) is 7.27. The molecule has 0 unspecified atom stereocenters. The van der Waals surface area contributed by atoms with E-state index in [1.165, 1.54) is 37.8 Å². The van der Waals surface area contributed by atoms with Gasteiger partial charge in [-0.25, -0.2) is 4.98 Å². The maximum atomic E-state index is 12.8. The number of aromatic nitrogens is 1. The number of hydrogen-bond donors (Lipinski definition) is 2. The zero-order valence-corrected chi connectivity index (χ0v) is 15.6. The summed E-state index contributed by atoms with van der Waals surface area (Å²) < 4.78 is 0. The zero-order valence-electron chi connectivity index (χ0n) is 13.2. The number of nitrogens with zero attached hydrogens (tertiary/aromatic N) is 1. The number of fused-ring (bicyclic) bond motifs is 1. The number of hydrogen-bond acceptors (Lipinski definition) is 4. The standard InChI is InChI=1S/C16H23N3OS.2ClH/c20-15(16-6-2-1-3-12(16)7-17-10-16)18-8-14-19-13(9-21-14)11-4-5-11;;/h9,11-12,17H,1-8,10H2,(H,18,20);2*1H/t12-,16+;;/m0../s1. The molecule has 2 atom stereocenters. The summed E-state index contributed by atoms with van der Waals surface area (Å²) in [5.41, 5.74) is 1.09. The predicted molar refractivity (Wildman–Crippen MR) is 97.7 cm³/mol. The van der Waals surface area contributed by atoms with E-state index < -0.39 is 0 Å². The smallest absolute Gasteiger partial charge is 0.228 e. The van der Waals surface area contributed by atoms with Crippen LogP contribution in [0.5, 0.6) is 0 Å².